The highest BCUT2D eigenvalue weighted by Gasteiger charge is 2.05. The molecule has 0 unspecified atom stereocenters. The average Bonchev–Trinajstić information content (AvgIpc) is 2.56. The Hall–Kier alpha value is -2.82. The maximum atomic E-state index is 12.0. The smallest absolute Gasteiger partial charge is 0.261 e. The number of fused-ring (bicyclic) bond motifs is 1. The fourth-order valence-corrected chi connectivity index (χ4v) is 2.10. The van der Waals surface area contributed by atoms with Gasteiger partial charge < -0.3 is 9.72 Å². The molecule has 0 fully saturated rings. The van der Waals surface area contributed by atoms with Crippen LogP contribution in [0.15, 0.2) is 58.1 Å². The van der Waals surface area contributed by atoms with Gasteiger partial charge in [-0.15, -0.1) is 0 Å². The van der Waals surface area contributed by atoms with E-state index in [2.05, 4.69) is 4.98 Å². The minimum absolute atomic E-state index is 0.343. The quantitative estimate of drug-likeness (QED) is 0.791. The summed E-state index contributed by atoms with van der Waals surface area (Å²) in [6.07, 6.45) is 0. The molecule has 2 heterocycles. The number of aromatic amines is 1. The van der Waals surface area contributed by atoms with Gasteiger partial charge in [-0.05, 0) is 35.9 Å². The van der Waals surface area contributed by atoms with E-state index in [0.29, 0.717) is 11.3 Å². The number of benzene rings is 1. The van der Waals surface area contributed by atoms with Crippen molar-refractivity contribution in [1.82, 2.24) is 9.38 Å². The van der Waals surface area contributed by atoms with Crippen molar-refractivity contribution in [2.24, 2.45) is 0 Å². The van der Waals surface area contributed by atoms with Gasteiger partial charge in [0.05, 0.1) is 12.8 Å². The van der Waals surface area contributed by atoms with Crippen molar-refractivity contribution >= 4 is 5.65 Å². The van der Waals surface area contributed by atoms with Crippen molar-refractivity contribution in [3.63, 3.8) is 0 Å². The first-order valence-electron chi connectivity index (χ1n) is 7.08. The number of hydrogen-bond donors (Lipinski definition) is 1. The zero-order chi connectivity index (χ0) is 16.1. The summed E-state index contributed by atoms with van der Waals surface area (Å²) < 4.78 is 6.20. The van der Waals surface area contributed by atoms with E-state index in [0.717, 1.165) is 15.7 Å². The highest BCUT2D eigenvalue weighted by molar-refractivity contribution is 5.62. The largest absolute Gasteiger partial charge is 0.497 e. The van der Waals surface area contributed by atoms with Crippen LogP contribution in [0.5, 0.6) is 5.75 Å². The van der Waals surface area contributed by atoms with E-state index in [1.807, 2.05) is 38.1 Å². The summed E-state index contributed by atoms with van der Waals surface area (Å²) in [5.41, 5.74) is 1.28. The highest BCUT2D eigenvalue weighted by Crippen LogP contribution is 2.19. The van der Waals surface area contributed by atoms with Crippen LogP contribution in [0.25, 0.3) is 16.9 Å². The Bertz CT molecular complexity index is 877. The number of aromatic nitrogens is 2. The van der Waals surface area contributed by atoms with Crippen molar-refractivity contribution in [3.05, 3.63) is 69.2 Å². The van der Waals surface area contributed by atoms with Crippen molar-refractivity contribution in [1.29, 1.82) is 0 Å². The first-order chi connectivity index (χ1) is 10.7. The molecular formula is C17H18N2O3. The molecule has 0 atom stereocenters. The van der Waals surface area contributed by atoms with Crippen LogP contribution in [-0.4, -0.2) is 16.5 Å². The number of rotatable bonds is 2. The summed E-state index contributed by atoms with van der Waals surface area (Å²) in [7, 11) is 1.60. The number of nitrogens with one attached hydrogen (secondary N) is 1. The zero-order valence-electron chi connectivity index (χ0n) is 12.8. The van der Waals surface area contributed by atoms with Gasteiger partial charge >= 0.3 is 0 Å². The third kappa shape index (κ3) is 2.93. The predicted octanol–water partition coefficient (Wildman–Crippen LogP) is 2.69. The minimum Gasteiger partial charge on any atom is -0.497 e. The summed E-state index contributed by atoms with van der Waals surface area (Å²) in [5.74, 6) is 0.744. The summed E-state index contributed by atoms with van der Waals surface area (Å²) >= 11 is 0. The first-order valence-corrected chi connectivity index (χ1v) is 7.08. The Morgan fingerprint density at radius 3 is 2.27 bits per heavy atom. The van der Waals surface area contributed by atoms with Gasteiger partial charge in [0.1, 0.15) is 11.4 Å². The molecule has 1 aromatic carbocycles. The molecule has 1 N–H and O–H groups in total. The second-order valence-corrected chi connectivity index (χ2v) is 4.33. The lowest BCUT2D eigenvalue weighted by Crippen LogP contribution is -2.26. The molecule has 0 amide bonds. The molecule has 0 bridgehead atoms. The van der Waals surface area contributed by atoms with Crippen LogP contribution in [0.2, 0.25) is 0 Å². The van der Waals surface area contributed by atoms with E-state index >= 15 is 0 Å². The number of nitrogens with zero attached hydrogens (tertiary/aromatic N) is 1. The fourth-order valence-electron chi connectivity index (χ4n) is 2.10. The summed E-state index contributed by atoms with van der Waals surface area (Å²) in [6.45, 7) is 4.00. The third-order valence-corrected chi connectivity index (χ3v) is 3.11. The van der Waals surface area contributed by atoms with Gasteiger partial charge in [0.15, 0.2) is 0 Å². The summed E-state index contributed by atoms with van der Waals surface area (Å²) in [5, 5.41) is 0. The number of methoxy groups -OCH3 is 1. The number of H-pyrrole nitrogens is 1. The Kier molecular flexibility index (Phi) is 4.78. The lowest BCUT2D eigenvalue weighted by molar-refractivity contribution is 0.415. The van der Waals surface area contributed by atoms with E-state index in [4.69, 9.17) is 4.74 Å². The molecular weight excluding hydrogens is 280 g/mol. The van der Waals surface area contributed by atoms with Crippen LogP contribution >= 0.6 is 0 Å². The molecule has 22 heavy (non-hydrogen) atoms. The molecule has 114 valence electrons. The molecule has 3 aromatic rings. The molecule has 0 aliphatic heterocycles. The van der Waals surface area contributed by atoms with E-state index in [1.165, 1.54) is 12.1 Å². The molecule has 0 radical (unpaired) electrons. The van der Waals surface area contributed by atoms with Crippen molar-refractivity contribution in [3.8, 4) is 17.0 Å². The minimum atomic E-state index is -0.352. The van der Waals surface area contributed by atoms with Crippen molar-refractivity contribution in [2.45, 2.75) is 13.8 Å². The summed E-state index contributed by atoms with van der Waals surface area (Å²) in [4.78, 5) is 26.8. The number of hydrogen-bond acceptors (Lipinski definition) is 3. The third-order valence-electron chi connectivity index (χ3n) is 3.11. The van der Waals surface area contributed by atoms with Crippen LogP contribution in [0.3, 0.4) is 0 Å². The fraction of sp³-hybridized carbons (Fsp3) is 0.176. The molecule has 0 saturated heterocycles. The van der Waals surface area contributed by atoms with E-state index in [9.17, 15) is 9.59 Å². The molecule has 0 aliphatic carbocycles. The zero-order valence-corrected chi connectivity index (χ0v) is 12.8. The Morgan fingerprint density at radius 1 is 0.955 bits per heavy atom. The molecule has 2 aromatic heterocycles. The second-order valence-electron chi connectivity index (χ2n) is 4.33. The van der Waals surface area contributed by atoms with E-state index < -0.39 is 0 Å². The molecule has 0 aliphatic rings. The Labute approximate surface area is 127 Å². The summed E-state index contributed by atoms with van der Waals surface area (Å²) in [6, 6.07) is 13.4. The SMILES string of the molecule is CC.COc1ccc(-c2cc(=O)n3c(=O)cccc3[nH]2)cc1. The lowest BCUT2D eigenvalue weighted by atomic mass is 10.1. The van der Waals surface area contributed by atoms with Crippen LogP contribution in [0, 0.1) is 0 Å². The van der Waals surface area contributed by atoms with Gasteiger partial charge in [-0.1, -0.05) is 19.9 Å². The van der Waals surface area contributed by atoms with Gasteiger partial charge in [0, 0.05) is 12.1 Å². The van der Waals surface area contributed by atoms with Crippen molar-refractivity contribution in [2.75, 3.05) is 7.11 Å². The van der Waals surface area contributed by atoms with Crippen molar-refractivity contribution < 1.29 is 4.74 Å². The van der Waals surface area contributed by atoms with Gasteiger partial charge in [-0.3, -0.25) is 9.59 Å². The molecule has 5 heteroatoms. The van der Waals surface area contributed by atoms with Gasteiger partial charge in [0.25, 0.3) is 11.1 Å². The van der Waals surface area contributed by atoms with Gasteiger partial charge in [-0.2, -0.15) is 0 Å². The number of ether oxygens (including phenoxy) is 1. The first kappa shape index (κ1) is 15.6. The van der Waals surface area contributed by atoms with E-state index in [-0.39, 0.29) is 11.1 Å². The second kappa shape index (κ2) is 6.76. The standard InChI is InChI=1S/C15H12N2O3.C2H6/c1-20-11-7-5-10(6-8-11)12-9-15(19)17-13(16-12)3-2-4-14(17)18;1-2/h2-9,16H,1H3;1-2H3. The average molecular weight is 298 g/mol. The normalized spacial score (nSPS) is 9.95. The molecule has 0 saturated carbocycles. The molecule has 5 nitrogen and oxygen atoms in total. The van der Waals surface area contributed by atoms with Crippen LogP contribution in [0.1, 0.15) is 13.8 Å². The van der Waals surface area contributed by atoms with Gasteiger partial charge in [-0.25, -0.2) is 4.40 Å². The Balaban J connectivity index is 0.000000847. The van der Waals surface area contributed by atoms with Crippen LogP contribution in [-0.2, 0) is 0 Å². The maximum Gasteiger partial charge on any atom is 0.261 e. The molecule has 0 spiro atoms. The predicted molar refractivity (Wildman–Crippen MR) is 87.6 cm³/mol. The van der Waals surface area contributed by atoms with E-state index in [1.54, 1.807) is 19.2 Å². The molecule has 3 rings (SSSR count). The topological polar surface area (TPSA) is 63.6 Å². The lowest BCUT2D eigenvalue weighted by Gasteiger charge is -2.06. The van der Waals surface area contributed by atoms with Crippen LogP contribution < -0.4 is 15.9 Å². The van der Waals surface area contributed by atoms with Crippen LogP contribution in [0.4, 0.5) is 0 Å². The highest BCUT2D eigenvalue weighted by atomic mass is 16.5. The Morgan fingerprint density at radius 2 is 1.64 bits per heavy atom. The monoisotopic (exact) mass is 298 g/mol. The van der Waals surface area contributed by atoms with Gasteiger partial charge in [0.2, 0.25) is 0 Å². The number of pyridine rings is 1. The maximum absolute atomic E-state index is 12.0.